The molecule has 5 rings (SSSR count). The lowest BCUT2D eigenvalue weighted by molar-refractivity contribution is -0.127. The smallest absolute Gasteiger partial charge is 0.322 e. The lowest BCUT2D eigenvalue weighted by atomic mass is 9.77. The number of urea groups is 1. The van der Waals surface area contributed by atoms with Crippen molar-refractivity contribution >= 4 is 55.1 Å². The molecule has 4 amide bonds. The Kier molecular flexibility index (Phi) is 6.14. The van der Waals surface area contributed by atoms with Crippen LogP contribution in [0.2, 0.25) is 0 Å². The number of nitrogens with one attached hydrogen (secondary N) is 2. The van der Waals surface area contributed by atoms with Crippen LogP contribution < -0.4 is 15.4 Å². The molecule has 4 heterocycles. The number of methoxy groups -OCH3 is 1. The van der Waals surface area contributed by atoms with E-state index >= 15 is 0 Å². The van der Waals surface area contributed by atoms with Crippen molar-refractivity contribution in [3.05, 3.63) is 45.2 Å². The first-order valence-corrected chi connectivity index (χ1v) is 14.0. The van der Waals surface area contributed by atoms with E-state index in [2.05, 4.69) is 26.6 Å². The summed E-state index contributed by atoms with van der Waals surface area (Å²) >= 11 is 4.44. The predicted octanol–water partition coefficient (Wildman–Crippen LogP) is 2.15. The molecule has 35 heavy (non-hydrogen) atoms. The van der Waals surface area contributed by atoms with Gasteiger partial charge in [-0.05, 0) is 70.6 Å². The summed E-state index contributed by atoms with van der Waals surface area (Å²) in [5.74, 6) is -0.431. The van der Waals surface area contributed by atoms with Gasteiger partial charge in [0.05, 0.1) is 17.4 Å². The summed E-state index contributed by atoms with van der Waals surface area (Å²) in [7, 11) is -2.10. The van der Waals surface area contributed by atoms with E-state index in [1.54, 1.807) is 42.3 Å². The third kappa shape index (κ3) is 4.13. The fourth-order valence-electron chi connectivity index (χ4n) is 5.10. The average Bonchev–Trinajstić information content (AvgIpc) is 3.50. The van der Waals surface area contributed by atoms with E-state index in [9.17, 15) is 22.8 Å². The Hall–Kier alpha value is -2.48. The highest BCUT2D eigenvalue weighted by molar-refractivity contribution is 9.11. The van der Waals surface area contributed by atoms with Gasteiger partial charge in [0.15, 0.2) is 0 Å². The Morgan fingerprint density at radius 3 is 2.51 bits per heavy atom. The van der Waals surface area contributed by atoms with Crippen LogP contribution in [-0.2, 0) is 21.4 Å². The number of imide groups is 1. The van der Waals surface area contributed by atoms with Crippen molar-refractivity contribution < 1.29 is 27.5 Å². The number of hydrogen-bond acceptors (Lipinski definition) is 7. The molecule has 10 nitrogen and oxygen atoms in total. The predicted molar refractivity (Wildman–Crippen MR) is 131 cm³/mol. The molecule has 186 valence electrons. The molecule has 3 aliphatic rings. The van der Waals surface area contributed by atoms with Crippen molar-refractivity contribution in [2.24, 2.45) is 5.92 Å². The van der Waals surface area contributed by atoms with Crippen LogP contribution in [0.3, 0.4) is 0 Å². The summed E-state index contributed by atoms with van der Waals surface area (Å²) in [5.41, 5.74) is -0.00770. The number of sulfonamides is 1. The number of amides is 4. The SMILES string of the molecule is COc1ccc2c(c1)CN(CC1(C3CCN(S(=O)(=O)c4ccc(Br)s4)CC3)NC(=O)NC1=O)C2=O. The second-order valence-electron chi connectivity index (χ2n) is 8.80. The molecule has 1 atom stereocenters. The first kappa shape index (κ1) is 24.2. The van der Waals surface area contributed by atoms with Crippen LogP contribution in [0.4, 0.5) is 4.79 Å². The first-order valence-electron chi connectivity index (χ1n) is 11.0. The summed E-state index contributed by atoms with van der Waals surface area (Å²) in [5, 5.41) is 5.10. The zero-order chi connectivity index (χ0) is 25.0. The van der Waals surface area contributed by atoms with Crippen LogP contribution in [0.15, 0.2) is 38.3 Å². The van der Waals surface area contributed by atoms with Gasteiger partial charge in [-0.25, -0.2) is 13.2 Å². The normalized spacial score (nSPS) is 23.4. The minimum atomic E-state index is -3.65. The van der Waals surface area contributed by atoms with Crippen LogP contribution in [0.5, 0.6) is 5.75 Å². The summed E-state index contributed by atoms with van der Waals surface area (Å²) in [6.07, 6.45) is 0.727. The highest BCUT2D eigenvalue weighted by atomic mass is 79.9. The lowest BCUT2D eigenvalue weighted by Crippen LogP contribution is -2.62. The molecule has 1 aromatic heterocycles. The molecular weight excluding hydrogens is 560 g/mol. The van der Waals surface area contributed by atoms with Gasteiger partial charge in [0, 0.05) is 25.2 Å². The number of hydrogen-bond donors (Lipinski definition) is 2. The summed E-state index contributed by atoms with van der Waals surface area (Å²) in [4.78, 5) is 39.9. The van der Waals surface area contributed by atoms with Crippen LogP contribution in [-0.4, -0.2) is 67.8 Å². The van der Waals surface area contributed by atoms with E-state index < -0.39 is 27.5 Å². The van der Waals surface area contributed by atoms with Crippen molar-refractivity contribution in [1.82, 2.24) is 19.8 Å². The van der Waals surface area contributed by atoms with Gasteiger partial charge in [0.2, 0.25) is 0 Å². The molecule has 0 spiro atoms. The minimum absolute atomic E-state index is 0.00428. The number of carbonyl (C=O) groups excluding carboxylic acids is 3. The van der Waals surface area contributed by atoms with Gasteiger partial charge in [0.25, 0.3) is 21.8 Å². The molecule has 2 fully saturated rings. The minimum Gasteiger partial charge on any atom is -0.497 e. The average molecular weight is 583 g/mol. The number of rotatable bonds is 6. The fraction of sp³-hybridized carbons (Fsp3) is 0.409. The second-order valence-corrected chi connectivity index (χ2v) is 13.4. The van der Waals surface area contributed by atoms with Crippen molar-refractivity contribution in [2.45, 2.75) is 29.1 Å². The Balaban J connectivity index is 1.36. The van der Waals surface area contributed by atoms with E-state index in [-0.39, 0.29) is 42.2 Å². The number of nitrogens with zero attached hydrogens (tertiary/aromatic N) is 2. The maximum Gasteiger partial charge on any atom is 0.322 e. The number of ether oxygens (including phenoxy) is 1. The molecule has 0 aliphatic carbocycles. The molecule has 2 aromatic rings. The standard InChI is InChI=1S/C22H23BrN4O6S2/c1-33-15-2-3-16-13(10-15)11-26(19(16)28)12-22(20(29)24-21(30)25-22)14-6-8-27(9-7-14)35(31,32)18-5-4-17(23)34-18/h2-5,10,14H,6-9,11-12H2,1H3,(H2,24,25,29,30). The number of halogens is 1. The van der Waals surface area contributed by atoms with Gasteiger partial charge in [-0.2, -0.15) is 4.31 Å². The number of benzene rings is 1. The Morgan fingerprint density at radius 2 is 1.91 bits per heavy atom. The number of piperidine rings is 1. The topological polar surface area (TPSA) is 125 Å². The monoisotopic (exact) mass is 582 g/mol. The number of carbonyl (C=O) groups is 3. The van der Waals surface area contributed by atoms with Crippen molar-refractivity contribution in [1.29, 1.82) is 0 Å². The van der Waals surface area contributed by atoms with Crippen molar-refractivity contribution in [3.63, 3.8) is 0 Å². The van der Waals surface area contributed by atoms with E-state index in [4.69, 9.17) is 4.74 Å². The van der Waals surface area contributed by atoms with E-state index in [0.717, 1.165) is 20.7 Å². The summed E-state index contributed by atoms with van der Waals surface area (Å²) in [6, 6.07) is 7.84. The Morgan fingerprint density at radius 1 is 1.17 bits per heavy atom. The van der Waals surface area contributed by atoms with Gasteiger partial charge in [-0.3, -0.25) is 14.9 Å². The molecule has 1 unspecified atom stereocenters. The highest BCUT2D eigenvalue weighted by Gasteiger charge is 2.54. The first-order chi connectivity index (χ1) is 16.6. The molecular formula is C22H23BrN4O6S2. The number of thiophene rings is 1. The Bertz CT molecular complexity index is 1320. The zero-order valence-electron chi connectivity index (χ0n) is 18.7. The maximum absolute atomic E-state index is 13.1. The zero-order valence-corrected chi connectivity index (χ0v) is 22.0. The van der Waals surface area contributed by atoms with Crippen LogP contribution in [0.25, 0.3) is 0 Å². The third-order valence-electron chi connectivity index (χ3n) is 6.89. The van der Waals surface area contributed by atoms with E-state index in [1.165, 1.54) is 4.31 Å². The molecule has 1 aromatic carbocycles. The summed E-state index contributed by atoms with van der Waals surface area (Å²) in [6.45, 7) is 0.698. The third-order valence-corrected chi connectivity index (χ3v) is 10.9. The molecule has 3 aliphatic heterocycles. The van der Waals surface area contributed by atoms with E-state index in [1.807, 2.05) is 0 Å². The highest BCUT2D eigenvalue weighted by Crippen LogP contribution is 2.37. The fourth-order valence-corrected chi connectivity index (χ4v) is 8.73. The van der Waals surface area contributed by atoms with Gasteiger partial charge in [0.1, 0.15) is 15.5 Å². The van der Waals surface area contributed by atoms with Gasteiger partial charge in [-0.1, -0.05) is 0 Å². The van der Waals surface area contributed by atoms with E-state index in [0.29, 0.717) is 24.2 Å². The molecule has 0 bridgehead atoms. The molecule has 2 saturated heterocycles. The molecule has 13 heteroatoms. The quantitative estimate of drug-likeness (QED) is 0.503. The summed E-state index contributed by atoms with van der Waals surface area (Å²) < 4.78 is 33.7. The lowest BCUT2D eigenvalue weighted by Gasteiger charge is -2.41. The second kappa shape index (κ2) is 8.87. The Labute approximate surface area is 214 Å². The molecule has 0 saturated carbocycles. The van der Waals surface area contributed by atoms with Crippen LogP contribution in [0.1, 0.15) is 28.8 Å². The van der Waals surface area contributed by atoms with Gasteiger partial charge < -0.3 is 15.0 Å². The molecule has 0 radical (unpaired) electrons. The van der Waals surface area contributed by atoms with Crippen molar-refractivity contribution in [3.8, 4) is 5.75 Å². The largest absolute Gasteiger partial charge is 0.497 e. The number of fused-ring (bicyclic) bond motifs is 1. The maximum atomic E-state index is 13.1. The van der Waals surface area contributed by atoms with Crippen LogP contribution >= 0.6 is 27.3 Å². The van der Waals surface area contributed by atoms with Crippen LogP contribution in [0, 0.1) is 5.92 Å². The molecule has 2 N–H and O–H groups in total. The van der Waals surface area contributed by atoms with Crippen molar-refractivity contribution in [2.75, 3.05) is 26.7 Å². The van der Waals surface area contributed by atoms with Gasteiger partial charge in [-0.15, -0.1) is 11.3 Å². The van der Waals surface area contributed by atoms with Gasteiger partial charge >= 0.3 is 6.03 Å².